The van der Waals surface area contributed by atoms with Crippen LogP contribution in [0.2, 0.25) is 0 Å². The highest BCUT2D eigenvalue weighted by atomic mass is 32.2. The average Bonchev–Trinajstić information content (AvgIpc) is 3.39. The first-order valence-electron chi connectivity index (χ1n) is 9.33. The van der Waals surface area contributed by atoms with Crippen LogP contribution in [0.15, 0.2) is 46.9 Å². The van der Waals surface area contributed by atoms with Crippen LogP contribution in [0.1, 0.15) is 12.5 Å². The van der Waals surface area contributed by atoms with Crippen molar-refractivity contribution in [2.75, 3.05) is 18.8 Å². The summed E-state index contributed by atoms with van der Waals surface area (Å²) in [6.45, 7) is 2.50. The number of carbonyl (C=O) groups excluding carboxylic acids is 2. The van der Waals surface area contributed by atoms with Gasteiger partial charge in [0.15, 0.2) is 11.0 Å². The van der Waals surface area contributed by atoms with Crippen molar-refractivity contribution in [3.63, 3.8) is 0 Å². The Morgan fingerprint density at radius 3 is 2.67 bits per heavy atom. The number of aromatic nitrogens is 3. The van der Waals surface area contributed by atoms with E-state index >= 15 is 0 Å². The minimum atomic E-state index is -0.323. The van der Waals surface area contributed by atoms with E-state index in [4.69, 9.17) is 0 Å². The number of amides is 2. The standard InChI is InChI=1S/C20H22FN5O2S2/c1-3-26(12-17(27)22-11-14-6-8-15(21)9-7-14)18(28)13-30-20-24-23-19(25(20)2)16-5-4-10-29-16/h4-10H,3,11-13H2,1-2H3,(H,22,27). The third-order valence-electron chi connectivity index (χ3n) is 4.37. The molecule has 0 fully saturated rings. The smallest absolute Gasteiger partial charge is 0.239 e. The van der Waals surface area contributed by atoms with Crippen molar-refractivity contribution in [2.45, 2.75) is 18.6 Å². The number of benzene rings is 1. The minimum Gasteiger partial charge on any atom is -0.350 e. The lowest BCUT2D eigenvalue weighted by molar-refractivity contribution is -0.133. The molecule has 7 nitrogen and oxygen atoms in total. The van der Waals surface area contributed by atoms with Crippen molar-refractivity contribution in [1.82, 2.24) is 25.0 Å². The maximum absolute atomic E-state index is 12.9. The van der Waals surface area contributed by atoms with Gasteiger partial charge in [0, 0.05) is 20.1 Å². The molecule has 0 aliphatic rings. The molecule has 0 saturated carbocycles. The van der Waals surface area contributed by atoms with Crippen molar-refractivity contribution in [3.05, 3.63) is 53.2 Å². The first-order valence-corrected chi connectivity index (χ1v) is 11.2. The third kappa shape index (κ3) is 5.67. The highest BCUT2D eigenvalue weighted by Crippen LogP contribution is 2.26. The zero-order valence-corrected chi connectivity index (χ0v) is 18.3. The molecule has 3 aromatic rings. The molecular formula is C20H22FN5O2S2. The molecule has 1 N–H and O–H groups in total. The van der Waals surface area contributed by atoms with Crippen molar-refractivity contribution in [1.29, 1.82) is 0 Å². The molecule has 3 rings (SSSR count). The number of nitrogens with zero attached hydrogens (tertiary/aromatic N) is 4. The second-order valence-electron chi connectivity index (χ2n) is 6.44. The first kappa shape index (κ1) is 22.0. The van der Waals surface area contributed by atoms with E-state index in [1.807, 2.05) is 36.1 Å². The quantitative estimate of drug-likeness (QED) is 0.510. The van der Waals surface area contributed by atoms with Crippen LogP contribution in [0, 0.1) is 5.82 Å². The fraction of sp³-hybridized carbons (Fsp3) is 0.300. The lowest BCUT2D eigenvalue weighted by Gasteiger charge is -2.20. The number of hydrogen-bond acceptors (Lipinski definition) is 6. The Morgan fingerprint density at radius 2 is 2.00 bits per heavy atom. The monoisotopic (exact) mass is 447 g/mol. The number of nitrogens with one attached hydrogen (secondary N) is 1. The number of hydrogen-bond donors (Lipinski definition) is 1. The molecular weight excluding hydrogens is 425 g/mol. The van der Waals surface area contributed by atoms with Gasteiger partial charge in [-0.2, -0.15) is 0 Å². The summed E-state index contributed by atoms with van der Waals surface area (Å²) in [4.78, 5) is 27.3. The molecule has 1 aromatic carbocycles. The van der Waals surface area contributed by atoms with Crippen molar-refractivity contribution >= 4 is 34.9 Å². The first-order chi connectivity index (χ1) is 14.5. The molecule has 0 aliphatic heterocycles. The van der Waals surface area contributed by atoms with Gasteiger partial charge in [-0.05, 0) is 36.1 Å². The summed E-state index contributed by atoms with van der Waals surface area (Å²) >= 11 is 2.87. The molecule has 2 heterocycles. The number of thiophene rings is 1. The summed E-state index contributed by atoms with van der Waals surface area (Å²) in [6, 6.07) is 9.83. The summed E-state index contributed by atoms with van der Waals surface area (Å²) < 4.78 is 14.8. The van der Waals surface area contributed by atoms with E-state index in [2.05, 4.69) is 15.5 Å². The summed E-state index contributed by atoms with van der Waals surface area (Å²) in [6.07, 6.45) is 0. The molecule has 30 heavy (non-hydrogen) atoms. The van der Waals surface area contributed by atoms with Crippen LogP contribution < -0.4 is 5.32 Å². The molecule has 2 amide bonds. The minimum absolute atomic E-state index is 0.0314. The normalized spacial score (nSPS) is 10.8. The van der Waals surface area contributed by atoms with Crippen LogP contribution in [-0.2, 0) is 23.2 Å². The predicted molar refractivity (Wildman–Crippen MR) is 116 cm³/mol. The van der Waals surface area contributed by atoms with Crippen molar-refractivity contribution in [2.24, 2.45) is 7.05 Å². The maximum Gasteiger partial charge on any atom is 0.239 e. The molecule has 158 valence electrons. The van der Waals surface area contributed by atoms with Crippen LogP contribution in [0.25, 0.3) is 10.7 Å². The van der Waals surface area contributed by atoms with Crippen LogP contribution in [-0.4, -0.2) is 50.3 Å². The van der Waals surface area contributed by atoms with E-state index < -0.39 is 0 Å². The number of carbonyl (C=O) groups is 2. The molecule has 0 atom stereocenters. The van der Waals surface area contributed by atoms with E-state index in [9.17, 15) is 14.0 Å². The fourth-order valence-corrected chi connectivity index (χ4v) is 4.24. The second kappa shape index (κ2) is 10.4. The zero-order chi connectivity index (χ0) is 21.5. The Labute approximate surface area is 182 Å². The summed E-state index contributed by atoms with van der Waals surface area (Å²) in [5, 5.41) is 13.7. The molecule has 0 spiro atoms. The van der Waals surface area contributed by atoms with Crippen LogP contribution in [0.3, 0.4) is 0 Å². The largest absolute Gasteiger partial charge is 0.350 e. The van der Waals surface area contributed by atoms with E-state index in [1.54, 1.807) is 23.5 Å². The Hall–Kier alpha value is -2.72. The number of halogens is 1. The molecule has 10 heteroatoms. The molecule has 0 bridgehead atoms. The maximum atomic E-state index is 12.9. The Bertz CT molecular complexity index is 989. The van der Waals surface area contributed by atoms with Crippen molar-refractivity contribution < 1.29 is 14.0 Å². The Balaban J connectivity index is 1.50. The molecule has 2 aromatic heterocycles. The summed E-state index contributed by atoms with van der Waals surface area (Å²) in [7, 11) is 1.86. The van der Waals surface area contributed by atoms with E-state index in [1.165, 1.54) is 28.8 Å². The molecule has 0 aliphatic carbocycles. The third-order valence-corrected chi connectivity index (χ3v) is 6.24. The Kier molecular flexibility index (Phi) is 7.58. The van der Waals surface area contributed by atoms with Gasteiger partial charge in [0.2, 0.25) is 11.8 Å². The number of rotatable bonds is 9. The van der Waals surface area contributed by atoms with Gasteiger partial charge in [-0.15, -0.1) is 21.5 Å². The van der Waals surface area contributed by atoms with Gasteiger partial charge in [-0.3, -0.25) is 9.59 Å². The zero-order valence-electron chi connectivity index (χ0n) is 16.7. The highest BCUT2D eigenvalue weighted by molar-refractivity contribution is 7.99. The summed E-state index contributed by atoms with van der Waals surface area (Å²) in [5.74, 6) is 0.177. The van der Waals surface area contributed by atoms with E-state index in [-0.39, 0.29) is 36.5 Å². The number of likely N-dealkylation sites (N-methyl/N-ethyl adjacent to an activating group) is 1. The topological polar surface area (TPSA) is 80.1 Å². The van der Waals surface area contributed by atoms with Gasteiger partial charge in [0.05, 0.1) is 17.2 Å². The predicted octanol–water partition coefficient (Wildman–Crippen LogP) is 2.94. The van der Waals surface area contributed by atoms with Gasteiger partial charge in [-0.1, -0.05) is 30.0 Å². The molecule has 0 radical (unpaired) electrons. The van der Waals surface area contributed by atoms with E-state index in [0.717, 1.165) is 16.3 Å². The van der Waals surface area contributed by atoms with Gasteiger partial charge in [-0.25, -0.2) is 4.39 Å². The van der Waals surface area contributed by atoms with Crippen LogP contribution in [0.4, 0.5) is 4.39 Å². The van der Waals surface area contributed by atoms with Crippen LogP contribution in [0.5, 0.6) is 0 Å². The van der Waals surface area contributed by atoms with E-state index in [0.29, 0.717) is 11.7 Å². The van der Waals surface area contributed by atoms with Gasteiger partial charge in [0.1, 0.15) is 5.82 Å². The fourth-order valence-electron chi connectivity index (χ4n) is 2.69. The summed E-state index contributed by atoms with van der Waals surface area (Å²) in [5.41, 5.74) is 0.790. The van der Waals surface area contributed by atoms with Gasteiger partial charge in [0.25, 0.3) is 0 Å². The van der Waals surface area contributed by atoms with Gasteiger partial charge < -0.3 is 14.8 Å². The lowest BCUT2D eigenvalue weighted by Crippen LogP contribution is -2.41. The second-order valence-corrected chi connectivity index (χ2v) is 8.33. The Morgan fingerprint density at radius 1 is 1.23 bits per heavy atom. The highest BCUT2D eigenvalue weighted by Gasteiger charge is 2.18. The molecule has 0 unspecified atom stereocenters. The SMILES string of the molecule is CCN(CC(=O)NCc1ccc(F)cc1)C(=O)CSc1nnc(-c2cccs2)n1C. The van der Waals surface area contributed by atoms with Crippen LogP contribution >= 0.6 is 23.1 Å². The van der Waals surface area contributed by atoms with Crippen molar-refractivity contribution in [3.8, 4) is 10.7 Å². The number of thioether (sulfide) groups is 1. The average molecular weight is 448 g/mol. The molecule has 0 saturated heterocycles. The lowest BCUT2D eigenvalue weighted by atomic mass is 10.2. The van der Waals surface area contributed by atoms with Gasteiger partial charge >= 0.3 is 0 Å².